The number of rotatable bonds is 13. The number of halogens is 3. The van der Waals surface area contributed by atoms with Crippen LogP contribution in [0.2, 0.25) is 0 Å². The normalized spacial score (nSPS) is 25.6. The second-order valence-corrected chi connectivity index (χ2v) is 13.7. The van der Waals surface area contributed by atoms with Crippen molar-refractivity contribution in [1.82, 2.24) is 29.7 Å². The van der Waals surface area contributed by atoms with Crippen LogP contribution in [0.1, 0.15) is 47.8 Å². The van der Waals surface area contributed by atoms with Gasteiger partial charge in [-0.15, -0.1) is 0 Å². The molecule has 0 bridgehead atoms. The summed E-state index contributed by atoms with van der Waals surface area (Å²) in [5.74, 6) is -1.51. The molecule has 1 aliphatic heterocycles. The number of nitrogens with one attached hydrogen (secondary N) is 2. The molecule has 0 aromatic carbocycles. The van der Waals surface area contributed by atoms with E-state index in [2.05, 4.69) is 25.1 Å². The van der Waals surface area contributed by atoms with Gasteiger partial charge in [-0.1, -0.05) is 0 Å². The van der Waals surface area contributed by atoms with E-state index in [1.54, 1.807) is 27.7 Å². The van der Waals surface area contributed by atoms with Gasteiger partial charge in [0, 0.05) is 0 Å². The number of carbonyl (C=O) groups excluding carboxylic acids is 2. The summed E-state index contributed by atoms with van der Waals surface area (Å²) in [6, 6.07) is -2.25. The molecule has 0 aliphatic carbocycles. The summed E-state index contributed by atoms with van der Waals surface area (Å²) in [4.78, 5) is 36.7. The molecule has 14 nitrogen and oxygen atoms in total. The lowest BCUT2D eigenvalue weighted by atomic mass is 9.97. The largest absolute Gasteiger partial charge is 0.462 e. The summed E-state index contributed by atoms with van der Waals surface area (Å²) < 4.78 is 67.3. The highest BCUT2D eigenvalue weighted by Gasteiger charge is 2.62. The van der Waals surface area contributed by atoms with Crippen LogP contribution in [0.5, 0.6) is 0 Å². The highest BCUT2D eigenvalue weighted by Crippen LogP contribution is 2.48. The Hall–Kier alpha value is -2.47. The molecule has 3 heterocycles. The zero-order valence-electron chi connectivity index (χ0n) is 23.7. The maximum atomic E-state index is 15.5. The molecule has 42 heavy (non-hydrogen) atoms. The number of imidazole rings is 1. The molecule has 0 radical (unpaired) electrons. The number of hydrogen-bond acceptors (Lipinski definition) is 12. The van der Waals surface area contributed by atoms with Crippen LogP contribution in [0.3, 0.4) is 0 Å². The van der Waals surface area contributed by atoms with Crippen molar-refractivity contribution < 1.29 is 46.6 Å². The second-order valence-electron chi connectivity index (χ2n) is 10.2. The van der Waals surface area contributed by atoms with Crippen LogP contribution in [0, 0.1) is 0 Å². The van der Waals surface area contributed by atoms with Crippen LogP contribution in [0.25, 0.3) is 11.2 Å². The summed E-state index contributed by atoms with van der Waals surface area (Å²) in [5, 5.41) is 16.2. The highest BCUT2D eigenvalue weighted by molar-refractivity contribution is 8.10. The molecule has 2 aromatic rings. The highest BCUT2D eigenvalue weighted by atomic mass is 32.4. The number of fused-ring (bicyclic) bond motifs is 1. The molecule has 0 saturated carbocycles. The lowest BCUT2D eigenvalue weighted by Crippen LogP contribution is -2.53. The first kappa shape index (κ1) is 34.0. The Morgan fingerprint density at radius 3 is 2.17 bits per heavy atom. The quantitative estimate of drug-likeness (QED) is 0.183. The Balaban J connectivity index is 1.91. The summed E-state index contributed by atoms with van der Waals surface area (Å²) in [5.41, 5.74) is 2.88. The van der Waals surface area contributed by atoms with Gasteiger partial charge in [0.2, 0.25) is 0 Å². The van der Waals surface area contributed by atoms with E-state index in [4.69, 9.17) is 36.3 Å². The zero-order chi connectivity index (χ0) is 31.6. The topological polar surface area (TPSA) is 185 Å². The van der Waals surface area contributed by atoms with E-state index in [1.807, 2.05) is 0 Å². The van der Waals surface area contributed by atoms with E-state index in [9.17, 15) is 23.5 Å². The number of carbonyl (C=O) groups is 2. The number of nitrogen functional groups attached to an aromatic ring is 1. The monoisotopic (exact) mass is 641 g/mol. The fourth-order valence-electron chi connectivity index (χ4n) is 4.00. The lowest BCUT2D eigenvalue weighted by molar-refractivity contribution is -0.190. The Labute approximate surface area is 245 Å². The van der Waals surface area contributed by atoms with E-state index in [0.717, 1.165) is 17.2 Å². The first-order valence-electron chi connectivity index (χ1n) is 12.9. The predicted octanol–water partition coefficient (Wildman–Crippen LogP) is 1.74. The van der Waals surface area contributed by atoms with Gasteiger partial charge in [0.15, 0.2) is 36.0 Å². The Bertz CT molecular complexity index is 1290. The number of nitrogens with zero attached hydrogens (tertiary/aromatic N) is 4. The minimum atomic E-state index is -3.80. The summed E-state index contributed by atoms with van der Waals surface area (Å²) in [6.07, 6.45) is -8.91. The van der Waals surface area contributed by atoms with Crippen molar-refractivity contribution in [3.05, 3.63) is 12.7 Å². The van der Waals surface area contributed by atoms with Crippen LogP contribution >= 0.6 is 6.57 Å². The first-order valence-corrected chi connectivity index (χ1v) is 15.7. The van der Waals surface area contributed by atoms with Gasteiger partial charge in [-0.2, -0.15) is 0 Å². The minimum Gasteiger partial charge on any atom is -0.462 e. The Morgan fingerprint density at radius 1 is 1.12 bits per heavy atom. The number of alkyl halides is 3. The molecule has 6 unspecified atom stereocenters. The summed E-state index contributed by atoms with van der Waals surface area (Å²) >= 11 is 5.57. The maximum Gasteiger partial charge on any atom is 0.323 e. The van der Waals surface area contributed by atoms with Crippen molar-refractivity contribution >= 4 is 47.3 Å². The van der Waals surface area contributed by atoms with Crippen molar-refractivity contribution in [2.45, 2.75) is 96.4 Å². The fourth-order valence-corrected chi connectivity index (χ4v) is 6.95. The maximum absolute atomic E-state index is 15.5. The van der Waals surface area contributed by atoms with Crippen molar-refractivity contribution in [2.75, 3.05) is 12.3 Å². The van der Waals surface area contributed by atoms with Gasteiger partial charge >= 0.3 is 11.9 Å². The van der Waals surface area contributed by atoms with Crippen molar-refractivity contribution in [3.63, 3.8) is 0 Å². The molecule has 1 saturated heterocycles. The molecule has 3 rings (SSSR count). The Kier molecular flexibility index (Phi) is 10.9. The third kappa shape index (κ3) is 7.35. The number of hydrogen-bond donors (Lipinski definition) is 4. The van der Waals surface area contributed by atoms with Gasteiger partial charge in [-0.25, -0.2) is 38.3 Å². The van der Waals surface area contributed by atoms with Crippen LogP contribution in [0.4, 0.5) is 19.0 Å². The fraction of sp³-hybridized carbons (Fsp3) is 0.696. The first-order chi connectivity index (χ1) is 19.5. The van der Waals surface area contributed by atoms with Gasteiger partial charge < -0.3 is 29.6 Å². The molecule has 236 valence electrons. The molecule has 6 atom stereocenters. The standard InChI is InChI=1S/C23H35F3N7O7PS/c1-10(2)38-20(35)12(5)31-41(42,32-13(6)21(36)39-11(3)4)37-7-23(22(25)26)16(34)14(24)19(40-23)33-9-30-15-17(27)28-8-29-18(15)33/h8-14,16,19,22,34H,7H2,1-6H3,(H2,27,28,29)(H2,31,32,42). The minimum absolute atomic E-state index is 0.0169. The SMILES string of the molecule is CC(C)OC(=O)C(C)NP(=S)(NC(C)C(=O)OC(C)C)OCC1(C(F)F)OC(n2cnc3c(N)ncnc32)C(F)C1O. The number of anilines is 1. The van der Waals surface area contributed by atoms with Crippen molar-refractivity contribution in [3.8, 4) is 0 Å². The molecule has 1 aliphatic rings. The number of aromatic nitrogens is 4. The van der Waals surface area contributed by atoms with Gasteiger partial charge in [-0.3, -0.25) is 14.2 Å². The number of esters is 2. The summed E-state index contributed by atoms with van der Waals surface area (Å²) in [7, 11) is 0. The number of aliphatic hydroxyl groups excluding tert-OH is 1. The van der Waals surface area contributed by atoms with Crippen LogP contribution in [0.15, 0.2) is 12.7 Å². The van der Waals surface area contributed by atoms with Gasteiger partial charge in [0.05, 0.1) is 25.1 Å². The number of nitrogens with two attached hydrogens (primary N) is 1. The smallest absolute Gasteiger partial charge is 0.323 e. The zero-order valence-corrected chi connectivity index (χ0v) is 25.4. The molecule has 0 spiro atoms. The van der Waals surface area contributed by atoms with Crippen molar-refractivity contribution in [2.24, 2.45) is 0 Å². The predicted molar refractivity (Wildman–Crippen MR) is 147 cm³/mol. The molecule has 19 heteroatoms. The van der Waals surface area contributed by atoms with Crippen molar-refractivity contribution in [1.29, 1.82) is 0 Å². The lowest BCUT2D eigenvalue weighted by Gasteiger charge is -2.35. The number of ether oxygens (including phenoxy) is 3. The second kappa shape index (κ2) is 13.4. The van der Waals surface area contributed by atoms with Crippen LogP contribution in [-0.2, 0) is 40.1 Å². The average molecular weight is 642 g/mol. The number of aliphatic hydroxyl groups is 1. The average Bonchev–Trinajstić information content (AvgIpc) is 3.42. The molecular formula is C23H35F3N7O7PS. The van der Waals surface area contributed by atoms with E-state index in [1.165, 1.54) is 13.8 Å². The summed E-state index contributed by atoms with van der Waals surface area (Å²) in [6.45, 7) is 4.32. The Morgan fingerprint density at radius 2 is 1.67 bits per heavy atom. The third-order valence-electron chi connectivity index (χ3n) is 6.06. The van der Waals surface area contributed by atoms with E-state index < -0.39 is 79.9 Å². The van der Waals surface area contributed by atoms with Gasteiger partial charge in [-0.05, 0) is 53.3 Å². The van der Waals surface area contributed by atoms with E-state index >= 15 is 4.39 Å². The van der Waals surface area contributed by atoms with E-state index in [0.29, 0.717) is 0 Å². The molecule has 5 N–H and O–H groups in total. The van der Waals surface area contributed by atoms with Gasteiger partial charge in [0.25, 0.3) is 6.43 Å². The van der Waals surface area contributed by atoms with Crippen LogP contribution < -0.4 is 15.9 Å². The third-order valence-corrected chi connectivity index (χ3v) is 8.95. The van der Waals surface area contributed by atoms with Gasteiger partial charge in [0.1, 0.15) is 30.0 Å². The molecule has 2 aromatic heterocycles. The molecular weight excluding hydrogens is 606 g/mol. The molecule has 0 amide bonds. The molecule has 1 fully saturated rings. The van der Waals surface area contributed by atoms with Crippen LogP contribution in [-0.4, -0.2) is 91.8 Å². The van der Waals surface area contributed by atoms with E-state index in [-0.39, 0.29) is 17.0 Å².